The smallest absolute Gasteiger partial charge is 0.409 e. The van der Waals surface area contributed by atoms with Gasteiger partial charge in [-0.1, -0.05) is 6.07 Å². The zero-order chi connectivity index (χ0) is 19.4. The van der Waals surface area contributed by atoms with E-state index in [1.165, 1.54) is 0 Å². The molecule has 3 rings (SSSR count). The number of aryl methyl sites for hydroxylation is 1. The van der Waals surface area contributed by atoms with Crippen molar-refractivity contribution in [2.24, 2.45) is 0 Å². The Hall–Kier alpha value is -2.77. The van der Waals surface area contributed by atoms with Crippen molar-refractivity contribution in [3.8, 4) is 5.75 Å². The zero-order valence-corrected chi connectivity index (χ0v) is 15.7. The van der Waals surface area contributed by atoms with Gasteiger partial charge in [0.1, 0.15) is 6.54 Å². The van der Waals surface area contributed by atoms with E-state index < -0.39 is 0 Å². The third-order valence-electron chi connectivity index (χ3n) is 4.72. The van der Waals surface area contributed by atoms with Crippen LogP contribution in [0.25, 0.3) is 0 Å². The van der Waals surface area contributed by atoms with E-state index >= 15 is 0 Å². The summed E-state index contributed by atoms with van der Waals surface area (Å²) >= 11 is 0. The fourth-order valence-corrected chi connectivity index (χ4v) is 3.37. The Bertz CT molecular complexity index is 728. The monoisotopic (exact) mass is 375 g/mol. The van der Waals surface area contributed by atoms with Crippen molar-refractivity contribution in [2.45, 2.75) is 32.7 Å². The number of carbonyl (C=O) groups excluding carboxylic acids is 3. The Labute approximate surface area is 158 Å². The van der Waals surface area contributed by atoms with Crippen molar-refractivity contribution in [3.05, 3.63) is 23.8 Å². The highest BCUT2D eigenvalue weighted by Gasteiger charge is 2.28. The van der Waals surface area contributed by atoms with Crippen molar-refractivity contribution in [1.82, 2.24) is 10.2 Å². The van der Waals surface area contributed by atoms with Gasteiger partial charge in [-0.2, -0.15) is 0 Å². The van der Waals surface area contributed by atoms with Crippen LogP contribution in [0.3, 0.4) is 0 Å². The number of hydrogen-bond acceptors (Lipinski definition) is 6. The summed E-state index contributed by atoms with van der Waals surface area (Å²) in [6.07, 6.45) is 1.06. The maximum absolute atomic E-state index is 12.5. The SMILES string of the molecule is CCOC(=O)N1CCC(NC(=O)CN2CC(=O)Oc3ccc(C)cc32)CC1. The maximum Gasteiger partial charge on any atom is 0.409 e. The molecular weight excluding hydrogens is 350 g/mol. The number of fused-ring (bicyclic) bond motifs is 1. The minimum Gasteiger partial charge on any atom is -0.450 e. The minimum atomic E-state index is -0.373. The molecule has 0 unspecified atom stereocenters. The lowest BCUT2D eigenvalue weighted by Gasteiger charge is -2.33. The maximum atomic E-state index is 12.5. The number of ether oxygens (including phenoxy) is 2. The zero-order valence-electron chi connectivity index (χ0n) is 15.7. The molecule has 8 nitrogen and oxygen atoms in total. The van der Waals surface area contributed by atoms with Gasteiger partial charge in [-0.05, 0) is 44.4 Å². The van der Waals surface area contributed by atoms with Crippen LogP contribution in [-0.4, -0.2) is 61.7 Å². The van der Waals surface area contributed by atoms with Crippen LogP contribution in [0.2, 0.25) is 0 Å². The third-order valence-corrected chi connectivity index (χ3v) is 4.72. The molecular formula is C19H25N3O5. The molecule has 1 aromatic rings. The molecule has 0 saturated carbocycles. The largest absolute Gasteiger partial charge is 0.450 e. The van der Waals surface area contributed by atoms with Gasteiger partial charge in [0.15, 0.2) is 5.75 Å². The minimum absolute atomic E-state index is 0.0110. The van der Waals surface area contributed by atoms with Gasteiger partial charge < -0.3 is 24.6 Å². The number of nitrogens with one attached hydrogen (secondary N) is 1. The van der Waals surface area contributed by atoms with Gasteiger partial charge in [-0.3, -0.25) is 4.79 Å². The molecule has 0 radical (unpaired) electrons. The number of hydrogen-bond donors (Lipinski definition) is 1. The highest BCUT2D eigenvalue weighted by molar-refractivity contribution is 5.89. The van der Waals surface area contributed by atoms with Crippen LogP contribution in [-0.2, 0) is 14.3 Å². The van der Waals surface area contributed by atoms with Crippen molar-refractivity contribution in [3.63, 3.8) is 0 Å². The van der Waals surface area contributed by atoms with E-state index in [-0.39, 0.29) is 37.1 Å². The molecule has 2 aliphatic heterocycles. The van der Waals surface area contributed by atoms with Crippen molar-refractivity contribution >= 4 is 23.7 Å². The predicted molar refractivity (Wildman–Crippen MR) is 98.8 cm³/mol. The Kier molecular flexibility index (Phi) is 5.83. The van der Waals surface area contributed by atoms with E-state index in [4.69, 9.17) is 9.47 Å². The summed E-state index contributed by atoms with van der Waals surface area (Å²) in [6.45, 7) is 5.33. The van der Waals surface area contributed by atoms with Crippen molar-refractivity contribution < 1.29 is 23.9 Å². The van der Waals surface area contributed by atoms with Gasteiger partial charge in [-0.25, -0.2) is 9.59 Å². The lowest BCUT2D eigenvalue weighted by atomic mass is 10.1. The fraction of sp³-hybridized carbons (Fsp3) is 0.526. The summed E-state index contributed by atoms with van der Waals surface area (Å²) in [5, 5.41) is 3.01. The molecule has 1 saturated heterocycles. The van der Waals surface area contributed by atoms with Gasteiger partial charge in [0.05, 0.1) is 18.8 Å². The summed E-state index contributed by atoms with van der Waals surface area (Å²) in [4.78, 5) is 39.4. The molecule has 0 atom stereocenters. The van der Waals surface area contributed by atoms with Gasteiger partial charge in [0.2, 0.25) is 5.91 Å². The summed E-state index contributed by atoms with van der Waals surface area (Å²) in [5.41, 5.74) is 1.78. The quantitative estimate of drug-likeness (QED) is 0.633. The molecule has 1 N–H and O–H groups in total. The van der Waals surface area contributed by atoms with Crippen LogP contribution in [0.5, 0.6) is 5.75 Å². The molecule has 0 aliphatic carbocycles. The predicted octanol–water partition coefficient (Wildman–Crippen LogP) is 1.46. The number of benzene rings is 1. The summed E-state index contributed by atoms with van der Waals surface area (Å²) in [7, 11) is 0. The molecule has 146 valence electrons. The topological polar surface area (TPSA) is 88.2 Å². The Balaban J connectivity index is 1.54. The third kappa shape index (κ3) is 4.69. The molecule has 0 bridgehead atoms. The number of likely N-dealkylation sites (tertiary alicyclic amines) is 1. The highest BCUT2D eigenvalue weighted by Crippen LogP contribution is 2.32. The number of rotatable bonds is 4. The van der Waals surface area contributed by atoms with Crippen molar-refractivity contribution in [2.75, 3.05) is 37.7 Å². The van der Waals surface area contributed by atoms with E-state index in [2.05, 4.69) is 5.32 Å². The second-order valence-corrected chi connectivity index (χ2v) is 6.83. The Morgan fingerprint density at radius 3 is 2.74 bits per heavy atom. The molecule has 8 heteroatoms. The number of piperidine rings is 1. The lowest BCUT2D eigenvalue weighted by molar-refractivity contribution is -0.133. The van der Waals surface area contributed by atoms with E-state index in [9.17, 15) is 14.4 Å². The first-order chi connectivity index (χ1) is 13.0. The van der Waals surface area contributed by atoms with E-state index in [1.54, 1.807) is 22.8 Å². The molecule has 2 heterocycles. The normalized spacial score (nSPS) is 17.2. The van der Waals surface area contributed by atoms with Crippen LogP contribution in [0, 0.1) is 6.92 Å². The van der Waals surface area contributed by atoms with E-state index in [0.717, 1.165) is 11.3 Å². The Morgan fingerprint density at radius 1 is 1.30 bits per heavy atom. The summed E-state index contributed by atoms with van der Waals surface area (Å²) in [6, 6.07) is 5.54. The van der Waals surface area contributed by atoms with Crippen LogP contribution in [0.15, 0.2) is 18.2 Å². The fourth-order valence-electron chi connectivity index (χ4n) is 3.37. The molecule has 27 heavy (non-hydrogen) atoms. The van der Waals surface area contributed by atoms with E-state index in [0.29, 0.717) is 38.3 Å². The second kappa shape index (κ2) is 8.28. The first kappa shape index (κ1) is 19.0. The Morgan fingerprint density at radius 2 is 2.04 bits per heavy atom. The molecule has 2 aliphatic rings. The van der Waals surface area contributed by atoms with Crippen LogP contribution >= 0.6 is 0 Å². The summed E-state index contributed by atoms with van der Waals surface area (Å²) in [5.74, 6) is -0.0407. The highest BCUT2D eigenvalue weighted by atomic mass is 16.6. The number of amides is 2. The van der Waals surface area contributed by atoms with Gasteiger partial charge in [0, 0.05) is 19.1 Å². The van der Waals surface area contributed by atoms with Gasteiger partial charge in [0.25, 0.3) is 0 Å². The molecule has 0 aromatic heterocycles. The van der Waals surface area contributed by atoms with Gasteiger partial charge in [-0.15, -0.1) is 0 Å². The number of carbonyl (C=O) groups is 3. The summed E-state index contributed by atoms with van der Waals surface area (Å²) < 4.78 is 10.2. The standard InChI is InChI=1S/C19H25N3O5/c1-3-26-19(25)21-8-6-14(7-9-21)20-17(23)11-22-12-18(24)27-16-5-4-13(2)10-15(16)22/h4-5,10,14H,3,6-9,11-12H2,1-2H3,(H,20,23). The lowest BCUT2D eigenvalue weighted by Crippen LogP contribution is -2.50. The average Bonchev–Trinajstić information content (AvgIpc) is 2.63. The van der Waals surface area contributed by atoms with Crippen LogP contribution < -0.4 is 15.0 Å². The van der Waals surface area contributed by atoms with Crippen molar-refractivity contribution in [1.29, 1.82) is 0 Å². The molecule has 1 aromatic carbocycles. The second-order valence-electron chi connectivity index (χ2n) is 6.83. The number of nitrogens with zero attached hydrogens (tertiary/aromatic N) is 2. The van der Waals surface area contributed by atoms with Gasteiger partial charge >= 0.3 is 12.1 Å². The number of anilines is 1. The average molecular weight is 375 g/mol. The van der Waals surface area contributed by atoms with E-state index in [1.807, 2.05) is 19.1 Å². The first-order valence-corrected chi connectivity index (χ1v) is 9.23. The van der Waals surface area contributed by atoms with Crippen LogP contribution in [0.4, 0.5) is 10.5 Å². The number of esters is 1. The molecule has 1 fully saturated rings. The molecule has 2 amide bonds. The van der Waals surface area contributed by atoms with Crippen LogP contribution in [0.1, 0.15) is 25.3 Å². The molecule has 0 spiro atoms. The first-order valence-electron chi connectivity index (χ1n) is 9.23.